The number of rotatable bonds is 4. The quantitative estimate of drug-likeness (QED) is 0.895. The van der Waals surface area contributed by atoms with Crippen molar-refractivity contribution in [1.82, 2.24) is 10.3 Å². The van der Waals surface area contributed by atoms with E-state index in [1.165, 1.54) is 9.88 Å². The number of thioether (sulfide) groups is 1. The van der Waals surface area contributed by atoms with Crippen LogP contribution in [0.1, 0.15) is 55.7 Å². The molecule has 2 rings (SSSR count). The van der Waals surface area contributed by atoms with E-state index >= 15 is 0 Å². The molecule has 1 saturated heterocycles. The van der Waals surface area contributed by atoms with Crippen LogP contribution in [0, 0.1) is 6.92 Å². The lowest BCUT2D eigenvalue weighted by Gasteiger charge is -2.24. The van der Waals surface area contributed by atoms with Crippen molar-refractivity contribution in [3.63, 3.8) is 0 Å². The maximum atomic E-state index is 10.4. The molecule has 20 heavy (non-hydrogen) atoms. The number of hydrogen-bond acceptors (Lipinski definition) is 5. The summed E-state index contributed by atoms with van der Waals surface area (Å²) in [4.78, 5) is 6.01. The number of thiazole rings is 1. The molecule has 0 spiro atoms. The molecule has 1 aromatic heterocycles. The third kappa shape index (κ3) is 3.75. The summed E-state index contributed by atoms with van der Waals surface area (Å²) in [6.07, 6.45) is 0.895. The Kier molecular flexibility index (Phi) is 4.84. The maximum Gasteiger partial charge on any atom is 0.0985 e. The van der Waals surface area contributed by atoms with Crippen LogP contribution in [0.15, 0.2) is 0 Å². The number of nitrogens with zero attached hydrogens (tertiary/aromatic N) is 1. The second-order valence-electron chi connectivity index (χ2n) is 6.85. The van der Waals surface area contributed by atoms with E-state index in [1.54, 1.807) is 11.3 Å². The lowest BCUT2D eigenvalue weighted by atomic mass is 9.98. The second kappa shape index (κ2) is 5.95. The summed E-state index contributed by atoms with van der Waals surface area (Å²) in [6, 6.07) is 0.248. The van der Waals surface area contributed by atoms with Gasteiger partial charge in [0.15, 0.2) is 0 Å². The van der Waals surface area contributed by atoms with E-state index < -0.39 is 5.60 Å². The van der Waals surface area contributed by atoms with Crippen LogP contribution >= 0.6 is 23.1 Å². The topological polar surface area (TPSA) is 45.2 Å². The normalized spacial score (nSPS) is 25.1. The molecule has 3 nitrogen and oxygen atoms in total. The zero-order chi connectivity index (χ0) is 15.0. The molecule has 1 fully saturated rings. The van der Waals surface area contributed by atoms with E-state index in [2.05, 4.69) is 39.9 Å². The zero-order valence-corrected chi connectivity index (χ0v) is 14.7. The average molecular weight is 315 g/mol. The molecule has 1 aliphatic rings. The highest BCUT2D eigenvalue weighted by molar-refractivity contribution is 7.99. The lowest BCUT2D eigenvalue weighted by molar-refractivity contribution is 0.0652. The summed E-state index contributed by atoms with van der Waals surface area (Å²) in [7, 11) is 0. The SMILES string of the molecule is Cc1nc(C(C)(C)C)sc1[C@H](C)NC[C@]1(O)CCSC1. The van der Waals surface area contributed by atoms with Crippen molar-refractivity contribution < 1.29 is 5.11 Å². The van der Waals surface area contributed by atoms with E-state index in [-0.39, 0.29) is 11.5 Å². The van der Waals surface area contributed by atoms with E-state index in [9.17, 15) is 5.11 Å². The molecule has 5 heteroatoms. The van der Waals surface area contributed by atoms with Crippen molar-refractivity contribution in [2.75, 3.05) is 18.1 Å². The predicted molar refractivity (Wildman–Crippen MR) is 88.9 cm³/mol. The van der Waals surface area contributed by atoms with Crippen molar-refractivity contribution in [2.45, 2.75) is 58.1 Å². The average Bonchev–Trinajstić information content (AvgIpc) is 2.93. The molecule has 0 aromatic carbocycles. The van der Waals surface area contributed by atoms with Gasteiger partial charge in [-0.05, 0) is 26.0 Å². The predicted octanol–water partition coefficient (Wildman–Crippen LogP) is 3.27. The minimum atomic E-state index is -0.523. The van der Waals surface area contributed by atoms with Crippen LogP contribution < -0.4 is 5.32 Å². The number of aromatic nitrogens is 1. The molecule has 2 heterocycles. The molecular weight excluding hydrogens is 288 g/mol. The van der Waals surface area contributed by atoms with Crippen molar-refractivity contribution in [3.05, 3.63) is 15.6 Å². The van der Waals surface area contributed by atoms with Gasteiger partial charge in [0.2, 0.25) is 0 Å². The van der Waals surface area contributed by atoms with Gasteiger partial charge in [-0.2, -0.15) is 11.8 Å². The van der Waals surface area contributed by atoms with Crippen LogP contribution in [0.5, 0.6) is 0 Å². The first kappa shape index (κ1) is 16.3. The summed E-state index contributed by atoms with van der Waals surface area (Å²) < 4.78 is 0. The Labute approximate surface area is 130 Å². The number of aliphatic hydroxyl groups is 1. The first-order valence-electron chi connectivity index (χ1n) is 7.23. The Hall–Kier alpha value is -0.100. The van der Waals surface area contributed by atoms with E-state index in [4.69, 9.17) is 4.98 Å². The Bertz CT molecular complexity index is 459. The number of hydrogen-bond donors (Lipinski definition) is 2. The Balaban J connectivity index is 2.02. The van der Waals surface area contributed by atoms with Crippen LogP contribution in [0.3, 0.4) is 0 Å². The van der Waals surface area contributed by atoms with Gasteiger partial charge in [-0.15, -0.1) is 11.3 Å². The molecule has 0 saturated carbocycles. The smallest absolute Gasteiger partial charge is 0.0985 e. The fourth-order valence-electron chi connectivity index (χ4n) is 2.30. The van der Waals surface area contributed by atoms with Gasteiger partial charge in [0.25, 0.3) is 0 Å². The molecule has 0 aliphatic carbocycles. The highest BCUT2D eigenvalue weighted by Gasteiger charge is 2.32. The molecule has 0 unspecified atom stereocenters. The molecule has 2 atom stereocenters. The Morgan fingerprint density at radius 1 is 1.45 bits per heavy atom. The van der Waals surface area contributed by atoms with Crippen LogP contribution in [-0.4, -0.2) is 33.7 Å². The summed E-state index contributed by atoms with van der Waals surface area (Å²) in [6.45, 7) is 11.5. The number of aryl methyl sites for hydroxylation is 1. The first-order chi connectivity index (χ1) is 9.21. The maximum absolute atomic E-state index is 10.4. The van der Waals surface area contributed by atoms with Gasteiger partial charge in [0.05, 0.1) is 16.3 Å². The van der Waals surface area contributed by atoms with Crippen molar-refractivity contribution in [3.8, 4) is 0 Å². The van der Waals surface area contributed by atoms with E-state index in [1.807, 2.05) is 11.8 Å². The fraction of sp³-hybridized carbons (Fsp3) is 0.800. The Morgan fingerprint density at radius 3 is 2.65 bits per heavy atom. The van der Waals surface area contributed by atoms with Crippen LogP contribution in [0.4, 0.5) is 0 Å². The highest BCUT2D eigenvalue weighted by Crippen LogP contribution is 2.33. The fourth-order valence-corrected chi connectivity index (χ4v) is 4.75. The zero-order valence-electron chi connectivity index (χ0n) is 13.1. The van der Waals surface area contributed by atoms with Gasteiger partial charge in [-0.25, -0.2) is 4.98 Å². The van der Waals surface area contributed by atoms with Gasteiger partial charge in [-0.1, -0.05) is 20.8 Å². The summed E-state index contributed by atoms with van der Waals surface area (Å²) >= 11 is 3.63. The first-order valence-corrected chi connectivity index (χ1v) is 9.20. The van der Waals surface area contributed by atoms with Crippen LogP contribution in [-0.2, 0) is 5.41 Å². The third-order valence-electron chi connectivity index (χ3n) is 3.69. The summed E-state index contributed by atoms with van der Waals surface area (Å²) in [5.74, 6) is 1.92. The molecule has 0 amide bonds. The molecule has 0 radical (unpaired) electrons. The second-order valence-corrected chi connectivity index (χ2v) is 8.98. The van der Waals surface area contributed by atoms with Crippen molar-refractivity contribution in [1.29, 1.82) is 0 Å². The van der Waals surface area contributed by atoms with E-state index in [0.29, 0.717) is 6.54 Å². The van der Waals surface area contributed by atoms with Crippen molar-refractivity contribution >= 4 is 23.1 Å². The summed E-state index contributed by atoms with van der Waals surface area (Å²) in [5.41, 5.74) is 0.700. The third-order valence-corrected chi connectivity index (χ3v) is 6.69. The molecule has 2 N–H and O–H groups in total. The molecule has 1 aliphatic heterocycles. The lowest BCUT2D eigenvalue weighted by Crippen LogP contribution is -2.41. The highest BCUT2D eigenvalue weighted by atomic mass is 32.2. The Morgan fingerprint density at radius 2 is 2.15 bits per heavy atom. The standard InChI is InChI=1S/C15H26N2OS2/c1-10(16-8-15(18)6-7-19-9-15)12-11(2)17-13(20-12)14(3,4)5/h10,16,18H,6-9H2,1-5H3/t10-,15+/m0/s1. The van der Waals surface area contributed by atoms with E-state index in [0.717, 1.165) is 23.6 Å². The monoisotopic (exact) mass is 314 g/mol. The molecular formula is C15H26N2OS2. The molecule has 114 valence electrons. The van der Waals surface area contributed by atoms with Gasteiger partial charge in [-0.3, -0.25) is 0 Å². The summed E-state index contributed by atoms with van der Waals surface area (Å²) in [5, 5.41) is 15.1. The van der Waals surface area contributed by atoms with Crippen molar-refractivity contribution in [2.24, 2.45) is 0 Å². The van der Waals surface area contributed by atoms with Crippen LogP contribution in [0.25, 0.3) is 0 Å². The van der Waals surface area contributed by atoms with Gasteiger partial charge in [0, 0.05) is 28.6 Å². The van der Waals surface area contributed by atoms with Gasteiger partial charge in [0.1, 0.15) is 0 Å². The number of nitrogens with one attached hydrogen (secondary N) is 1. The van der Waals surface area contributed by atoms with Gasteiger partial charge < -0.3 is 10.4 Å². The molecule has 0 bridgehead atoms. The largest absolute Gasteiger partial charge is 0.388 e. The minimum absolute atomic E-state index is 0.105. The van der Waals surface area contributed by atoms with Crippen LogP contribution in [0.2, 0.25) is 0 Å². The van der Waals surface area contributed by atoms with Gasteiger partial charge >= 0.3 is 0 Å². The minimum Gasteiger partial charge on any atom is -0.388 e. The molecule has 1 aromatic rings.